The van der Waals surface area contributed by atoms with Gasteiger partial charge < -0.3 is 21.3 Å². The Morgan fingerprint density at radius 3 is 2.25 bits per heavy atom. The van der Waals surface area contributed by atoms with Crippen molar-refractivity contribution >= 4 is 17.6 Å². The minimum Gasteiger partial charge on any atom is -0.478 e. The van der Waals surface area contributed by atoms with Crippen LogP contribution in [0.5, 0.6) is 11.5 Å². The maximum Gasteiger partial charge on any atom is 0.339 e. The zero-order chi connectivity index (χ0) is 14.7. The summed E-state index contributed by atoms with van der Waals surface area (Å²) in [5.74, 6) is -1.16. The van der Waals surface area contributed by atoms with Gasteiger partial charge in [0.05, 0.1) is 0 Å². The maximum absolute atomic E-state index is 11.1. The first-order chi connectivity index (χ1) is 9.47. The molecule has 2 aromatic carbocycles. The number of hydrogen-bond acceptors (Lipinski definition) is 4. The van der Waals surface area contributed by atoms with Gasteiger partial charge in [-0.3, -0.25) is 4.79 Å². The van der Waals surface area contributed by atoms with Gasteiger partial charge >= 0.3 is 5.97 Å². The molecule has 0 aliphatic carbocycles. The number of rotatable bonds is 4. The molecule has 5 N–H and O–H groups in total. The minimum atomic E-state index is -1.12. The average molecular weight is 272 g/mol. The third-order valence-corrected chi connectivity index (χ3v) is 2.60. The standard InChI is InChI=1S/C14H12N2O4/c15-9-3-6-11(14(18)19)12(7-9)20-10-4-1-8(2-5-10)13(16)17/h1-7H,15H2,(H2,16,17)(H,18,19). The third-order valence-electron chi connectivity index (χ3n) is 2.60. The highest BCUT2D eigenvalue weighted by Gasteiger charge is 2.12. The monoisotopic (exact) mass is 272 g/mol. The van der Waals surface area contributed by atoms with Crippen LogP contribution in [-0.4, -0.2) is 17.0 Å². The van der Waals surface area contributed by atoms with Gasteiger partial charge in [0.2, 0.25) is 5.91 Å². The second kappa shape index (κ2) is 5.31. The van der Waals surface area contributed by atoms with Crippen LogP contribution < -0.4 is 16.2 Å². The first kappa shape index (κ1) is 13.4. The predicted octanol–water partition coefficient (Wildman–Crippen LogP) is 1.86. The van der Waals surface area contributed by atoms with E-state index in [1.807, 2.05) is 0 Å². The van der Waals surface area contributed by atoms with E-state index < -0.39 is 11.9 Å². The Balaban J connectivity index is 2.31. The number of anilines is 1. The largest absolute Gasteiger partial charge is 0.478 e. The van der Waals surface area contributed by atoms with E-state index in [2.05, 4.69) is 0 Å². The van der Waals surface area contributed by atoms with Crippen LogP contribution >= 0.6 is 0 Å². The molecule has 6 heteroatoms. The van der Waals surface area contributed by atoms with Crippen LogP contribution in [0, 0.1) is 0 Å². The minimum absolute atomic E-state index is 0.00169. The van der Waals surface area contributed by atoms with Crippen molar-refractivity contribution in [3.05, 3.63) is 53.6 Å². The lowest BCUT2D eigenvalue weighted by atomic mass is 10.1. The molecule has 0 saturated heterocycles. The van der Waals surface area contributed by atoms with Crippen LogP contribution in [0.25, 0.3) is 0 Å². The van der Waals surface area contributed by atoms with Crippen LogP contribution in [0.2, 0.25) is 0 Å². The zero-order valence-electron chi connectivity index (χ0n) is 10.4. The number of hydrogen-bond donors (Lipinski definition) is 3. The van der Waals surface area contributed by atoms with E-state index in [0.717, 1.165) is 0 Å². The highest BCUT2D eigenvalue weighted by Crippen LogP contribution is 2.27. The van der Waals surface area contributed by atoms with Crippen molar-refractivity contribution in [2.45, 2.75) is 0 Å². The van der Waals surface area contributed by atoms with Gasteiger partial charge in [0.15, 0.2) is 0 Å². The number of benzene rings is 2. The first-order valence-corrected chi connectivity index (χ1v) is 5.68. The summed E-state index contributed by atoms with van der Waals surface area (Å²) in [6.07, 6.45) is 0. The van der Waals surface area contributed by atoms with E-state index in [4.69, 9.17) is 21.3 Å². The predicted molar refractivity (Wildman–Crippen MR) is 72.8 cm³/mol. The molecule has 6 nitrogen and oxygen atoms in total. The van der Waals surface area contributed by atoms with Crippen LogP contribution in [-0.2, 0) is 0 Å². The number of nitrogen functional groups attached to an aromatic ring is 1. The SMILES string of the molecule is NC(=O)c1ccc(Oc2cc(N)ccc2C(=O)O)cc1. The highest BCUT2D eigenvalue weighted by molar-refractivity contribution is 5.93. The number of amides is 1. The van der Waals surface area contributed by atoms with Crippen LogP contribution in [0.3, 0.4) is 0 Å². The van der Waals surface area contributed by atoms with E-state index in [1.165, 1.54) is 42.5 Å². The lowest BCUT2D eigenvalue weighted by molar-refractivity contribution is 0.0694. The molecular weight excluding hydrogens is 260 g/mol. The average Bonchev–Trinajstić information content (AvgIpc) is 2.39. The second-order valence-electron chi connectivity index (χ2n) is 4.05. The topological polar surface area (TPSA) is 116 Å². The fourth-order valence-electron chi connectivity index (χ4n) is 1.61. The molecule has 0 radical (unpaired) electrons. The second-order valence-corrected chi connectivity index (χ2v) is 4.05. The van der Waals surface area contributed by atoms with Crippen LogP contribution in [0.1, 0.15) is 20.7 Å². The Morgan fingerprint density at radius 1 is 1.05 bits per heavy atom. The van der Waals surface area contributed by atoms with Gasteiger partial charge in [-0.2, -0.15) is 0 Å². The molecule has 0 spiro atoms. The van der Waals surface area contributed by atoms with Crippen LogP contribution in [0.4, 0.5) is 5.69 Å². The summed E-state index contributed by atoms with van der Waals surface area (Å²) < 4.78 is 5.47. The molecule has 0 saturated carbocycles. The first-order valence-electron chi connectivity index (χ1n) is 5.68. The number of primary amides is 1. The van der Waals surface area contributed by atoms with Gasteiger partial charge in [0.1, 0.15) is 17.1 Å². The molecule has 0 heterocycles. The van der Waals surface area contributed by atoms with E-state index >= 15 is 0 Å². The molecular formula is C14H12N2O4. The molecule has 0 aliphatic heterocycles. The molecule has 1 amide bonds. The summed E-state index contributed by atoms with van der Waals surface area (Å²) in [5.41, 5.74) is 11.5. The number of carbonyl (C=O) groups is 2. The maximum atomic E-state index is 11.1. The molecule has 102 valence electrons. The van der Waals surface area contributed by atoms with Crippen molar-refractivity contribution in [3.8, 4) is 11.5 Å². The van der Waals surface area contributed by atoms with Crippen molar-refractivity contribution in [2.75, 3.05) is 5.73 Å². The summed E-state index contributed by atoms with van der Waals surface area (Å²) in [7, 11) is 0. The van der Waals surface area contributed by atoms with Crippen molar-refractivity contribution in [1.82, 2.24) is 0 Å². The number of nitrogens with two attached hydrogens (primary N) is 2. The van der Waals surface area contributed by atoms with Gasteiger partial charge in [-0.15, -0.1) is 0 Å². The van der Waals surface area contributed by atoms with Crippen molar-refractivity contribution in [2.24, 2.45) is 5.73 Å². The summed E-state index contributed by atoms with van der Waals surface area (Å²) in [6.45, 7) is 0. The van der Waals surface area contributed by atoms with Gasteiger partial charge in [-0.25, -0.2) is 4.79 Å². The van der Waals surface area contributed by atoms with Crippen molar-refractivity contribution < 1.29 is 19.4 Å². The summed E-state index contributed by atoms with van der Waals surface area (Å²) in [5, 5.41) is 9.07. The molecule has 0 aromatic heterocycles. The summed E-state index contributed by atoms with van der Waals surface area (Å²) in [6, 6.07) is 10.3. The van der Waals surface area contributed by atoms with Gasteiger partial charge in [0.25, 0.3) is 0 Å². The Hall–Kier alpha value is -3.02. The van der Waals surface area contributed by atoms with Gasteiger partial charge in [0, 0.05) is 17.3 Å². The van der Waals surface area contributed by atoms with Crippen molar-refractivity contribution in [3.63, 3.8) is 0 Å². The normalized spacial score (nSPS) is 10.0. The Morgan fingerprint density at radius 2 is 1.70 bits per heavy atom. The number of carboxylic acids is 1. The van der Waals surface area contributed by atoms with E-state index in [-0.39, 0.29) is 11.3 Å². The smallest absolute Gasteiger partial charge is 0.339 e. The molecule has 0 unspecified atom stereocenters. The summed E-state index contributed by atoms with van der Waals surface area (Å²) >= 11 is 0. The molecule has 2 rings (SSSR count). The number of carbonyl (C=O) groups excluding carboxylic acids is 1. The van der Waals surface area contributed by atoms with Crippen LogP contribution in [0.15, 0.2) is 42.5 Å². The zero-order valence-corrected chi connectivity index (χ0v) is 10.4. The summed E-state index contributed by atoms with van der Waals surface area (Å²) in [4.78, 5) is 22.0. The lowest BCUT2D eigenvalue weighted by Gasteiger charge is -2.09. The molecule has 0 bridgehead atoms. The quantitative estimate of drug-likeness (QED) is 0.734. The molecule has 0 fully saturated rings. The number of carboxylic acid groups (broad SMARTS) is 1. The van der Waals surface area contributed by atoms with E-state index in [0.29, 0.717) is 17.0 Å². The van der Waals surface area contributed by atoms with Gasteiger partial charge in [-0.05, 0) is 36.4 Å². The third kappa shape index (κ3) is 2.86. The number of aromatic carboxylic acids is 1. The fraction of sp³-hybridized carbons (Fsp3) is 0. The molecule has 0 atom stereocenters. The molecule has 2 aromatic rings. The van der Waals surface area contributed by atoms with E-state index in [9.17, 15) is 9.59 Å². The number of ether oxygens (including phenoxy) is 1. The lowest BCUT2D eigenvalue weighted by Crippen LogP contribution is -2.10. The van der Waals surface area contributed by atoms with Gasteiger partial charge in [-0.1, -0.05) is 0 Å². The Kier molecular flexibility index (Phi) is 3.56. The van der Waals surface area contributed by atoms with E-state index in [1.54, 1.807) is 0 Å². The highest BCUT2D eigenvalue weighted by atomic mass is 16.5. The molecule has 20 heavy (non-hydrogen) atoms. The van der Waals surface area contributed by atoms with Crippen molar-refractivity contribution in [1.29, 1.82) is 0 Å². The Bertz CT molecular complexity index is 665. The Labute approximate surface area is 114 Å². The fourth-order valence-corrected chi connectivity index (χ4v) is 1.61. The molecule has 0 aliphatic rings.